The SMILES string of the molecule is O=C(c1cccc(F)c1-c1ncccn1)N1C2CCC1C(Cc1ncc(C(F)(F)F)cc1F)C2. The van der Waals surface area contributed by atoms with Gasteiger partial charge in [-0.05, 0) is 55.9 Å². The van der Waals surface area contributed by atoms with E-state index in [4.69, 9.17) is 0 Å². The molecule has 0 aliphatic carbocycles. The molecule has 1 amide bonds. The van der Waals surface area contributed by atoms with E-state index in [2.05, 4.69) is 15.0 Å². The van der Waals surface area contributed by atoms with Crippen LogP contribution in [0.1, 0.15) is 40.9 Å². The lowest BCUT2D eigenvalue weighted by Crippen LogP contribution is -2.37. The van der Waals surface area contributed by atoms with Crippen molar-refractivity contribution in [1.82, 2.24) is 19.9 Å². The largest absolute Gasteiger partial charge is 0.417 e. The normalized spacial score (nSPS) is 21.8. The fraction of sp³-hybridized carbons (Fsp3) is 0.333. The molecule has 2 saturated heterocycles. The number of hydrogen-bond acceptors (Lipinski definition) is 4. The van der Waals surface area contributed by atoms with E-state index >= 15 is 0 Å². The van der Waals surface area contributed by atoms with Crippen molar-refractivity contribution < 1.29 is 26.7 Å². The van der Waals surface area contributed by atoms with Crippen molar-refractivity contribution in [2.75, 3.05) is 0 Å². The van der Waals surface area contributed by atoms with Gasteiger partial charge in [-0.15, -0.1) is 0 Å². The molecule has 2 aromatic heterocycles. The van der Waals surface area contributed by atoms with E-state index in [9.17, 15) is 26.7 Å². The van der Waals surface area contributed by atoms with Gasteiger partial charge in [-0.2, -0.15) is 13.2 Å². The van der Waals surface area contributed by atoms with E-state index in [1.165, 1.54) is 30.6 Å². The van der Waals surface area contributed by atoms with Crippen molar-refractivity contribution in [2.45, 2.75) is 43.9 Å². The average Bonchev–Trinajstić information content (AvgIpc) is 3.37. The Morgan fingerprint density at radius 3 is 2.50 bits per heavy atom. The summed E-state index contributed by atoms with van der Waals surface area (Å²) >= 11 is 0. The van der Waals surface area contributed by atoms with Gasteiger partial charge in [0.15, 0.2) is 5.82 Å². The molecular weight excluding hydrogens is 455 g/mol. The highest BCUT2D eigenvalue weighted by Gasteiger charge is 2.49. The first kappa shape index (κ1) is 22.4. The Hall–Kier alpha value is -3.43. The van der Waals surface area contributed by atoms with Crippen LogP contribution in [0.25, 0.3) is 11.4 Å². The molecule has 0 saturated carbocycles. The first-order valence-electron chi connectivity index (χ1n) is 10.8. The predicted molar refractivity (Wildman–Crippen MR) is 111 cm³/mol. The molecule has 3 aromatic rings. The summed E-state index contributed by atoms with van der Waals surface area (Å²) in [6.07, 6.45) is 1.00. The van der Waals surface area contributed by atoms with Crippen LogP contribution in [-0.2, 0) is 12.6 Å². The number of nitrogens with zero attached hydrogens (tertiary/aromatic N) is 4. The number of benzene rings is 1. The van der Waals surface area contributed by atoms with Gasteiger partial charge in [-0.25, -0.2) is 18.7 Å². The molecule has 0 spiro atoms. The highest BCUT2D eigenvalue weighted by molar-refractivity contribution is 6.01. The van der Waals surface area contributed by atoms with Crippen molar-refractivity contribution in [2.24, 2.45) is 5.92 Å². The van der Waals surface area contributed by atoms with Crippen LogP contribution in [0.2, 0.25) is 0 Å². The molecule has 0 radical (unpaired) electrons. The zero-order valence-corrected chi connectivity index (χ0v) is 17.8. The third-order valence-corrected chi connectivity index (χ3v) is 6.63. The van der Waals surface area contributed by atoms with Gasteiger partial charge >= 0.3 is 6.18 Å². The van der Waals surface area contributed by atoms with Gasteiger partial charge in [0.05, 0.1) is 22.4 Å². The number of hydrogen-bond donors (Lipinski definition) is 0. The molecule has 10 heteroatoms. The van der Waals surface area contributed by atoms with E-state index in [0.29, 0.717) is 25.1 Å². The molecule has 34 heavy (non-hydrogen) atoms. The molecule has 4 heterocycles. The zero-order chi connectivity index (χ0) is 24.0. The predicted octanol–water partition coefficient (Wildman–Crippen LogP) is 5.07. The van der Waals surface area contributed by atoms with Crippen molar-refractivity contribution in [1.29, 1.82) is 0 Å². The van der Waals surface area contributed by atoms with Gasteiger partial charge in [0.25, 0.3) is 5.91 Å². The summed E-state index contributed by atoms with van der Waals surface area (Å²) < 4.78 is 67.6. The Morgan fingerprint density at radius 1 is 1.03 bits per heavy atom. The molecule has 3 unspecified atom stereocenters. The van der Waals surface area contributed by atoms with Crippen LogP contribution < -0.4 is 0 Å². The van der Waals surface area contributed by atoms with Gasteiger partial charge in [-0.1, -0.05) is 6.07 Å². The Balaban J connectivity index is 1.41. The van der Waals surface area contributed by atoms with Crippen molar-refractivity contribution >= 4 is 5.91 Å². The number of carbonyl (C=O) groups excluding carboxylic acids is 1. The summed E-state index contributed by atoms with van der Waals surface area (Å²) in [5.74, 6) is -2.05. The number of pyridine rings is 1. The van der Waals surface area contributed by atoms with E-state index in [1.54, 1.807) is 11.0 Å². The maximum absolute atomic E-state index is 14.7. The molecule has 2 aliphatic heterocycles. The number of aromatic nitrogens is 3. The third-order valence-electron chi connectivity index (χ3n) is 6.63. The second-order valence-electron chi connectivity index (χ2n) is 8.60. The standard InChI is InChI=1S/C24H19F5N4O/c25-17-4-1-3-16(21(17)22-30-7-2-8-31-22)23(34)33-15-5-6-20(33)13(9-15)10-19-18(26)11-14(12-32-19)24(27,28)29/h1-4,7-8,11-13,15,20H,5-6,9-10H2. The molecule has 2 bridgehead atoms. The summed E-state index contributed by atoms with van der Waals surface area (Å²) in [7, 11) is 0. The van der Waals surface area contributed by atoms with Crippen LogP contribution in [-0.4, -0.2) is 37.8 Å². The number of carbonyl (C=O) groups is 1. The monoisotopic (exact) mass is 474 g/mol. The fourth-order valence-electron chi connectivity index (χ4n) is 5.17. The van der Waals surface area contributed by atoms with Crippen LogP contribution in [0.4, 0.5) is 22.0 Å². The second kappa shape index (κ2) is 8.41. The summed E-state index contributed by atoms with van der Waals surface area (Å²) in [5.41, 5.74) is -1.03. The van der Waals surface area contributed by atoms with Crippen LogP contribution in [0.3, 0.4) is 0 Å². The molecule has 2 aliphatic rings. The second-order valence-corrected chi connectivity index (χ2v) is 8.60. The quantitative estimate of drug-likeness (QED) is 0.496. The minimum Gasteiger partial charge on any atom is -0.332 e. The summed E-state index contributed by atoms with van der Waals surface area (Å²) in [6.45, 7) is 0. The van der Waals surface area contributed by atoms with Crippen LogP contribution in [0.5, 0.6) is 0 Å². The first-order valence-corrected chi connectivity index (χ1v) is 10.8. The number of rotatable bonds is 4. The first-order chi connectivity index (χ1) is 16.2. The Kier molecular flexibility index (Phi) is 5.53. The lowest BCUT2D eigenvalue weighted by atomic mass is 9.85. The van der Waals surface area contributed by atoms with Gasteiger partial charge in [0, 0.05) is 30.7 Å². The van der Waals surface area contributed by atoms with E-state index in [-0.39, 0.29) is 53.0 Å². The zero-order valence-electron chi connectivity index (χ0n) is 17.8. The van der Waals surface area contributed by atoms with Crippen molar-refractivity contribution in [3.63, 3.8) is 0 Å². The van der Waals surface area contributed by atoms with E-state index in [0.717, 1.165) is 6.42 Å². The van der Waals surface area contributed by atoms with Crippen molar-refractivity contribution in [3.05, 3.63) is 77.4 Å². The Labute approximate surface area is 191 Å². The molecular formula is C24H19F5N4O. The Bertz CT molecular complexity index is 1230. The highest BCUT2D eigenvalue weighted by atomic mass is 19.4. The molecule has 5 rings (SSSR count). The molecule has 0 N–H and O–H groups in total. The fourth-order valence-corrected chi connectivity index (χ4v) is 5.17. The van der Waals surface area contributed by atoms with E-state index in [1.807, 2.05) is 0 Å². The van der Waals surface area contributed by atoms with Crippen molar-refractivity contribution in [3.8, 4) is 11.4 Å². The van der Waals surface area contributed by atoms with Crippen LogP contribution in [0.15, 0.2) is 48.9 Å². The molecule has 5 nitrogen and oxygen atoms in total. The number of fused-ring (bicyclic) bond motifs is 2. The topological polar surface area (TPSA) is 59.0 Å². The number of halogens is 5. The Morgan fingerprint density at radius 2 is 1.79 bits per heavy atom. The highest BCUT2D eigenvalue weighted by Crippen LogP contribution is 2.44. The maximum atomic E-state index is 14.7. The summed E-state index contributed by atoms with van der Waals surface area (Å²) in [4.78, 5) is 27.2. The van der Waals surface area contributed by atoms with Gasteiger partial charge in [0.1, 0.15) is 11.6 Å². The molecule has 2 fully saturated rings. The van der Waals surface area contributed by atoms with Crippen LogP contribution >= 0.6 is 0 Å². The summed E-state index contributed by atoms with van der Waals surface area (Å²) in [6, 6.07) is 5.90. The summed E-state index contributed by atoms with van der Waals surface area (Å²) in [5, 5.41) is 0. The van der Waals surface area contributed by atoms with Crippen LogP contribution in [0, 0.1) is 17.6 Å². The smallest absolute Gasteiger partial charge is 0.332 e. The lowest BCUT2D eigenvalue weighted by molar-refractivity contribution is -0.138. The third kappa shape index (κ3) is 3.91. The average molecular weight is 474 g/mol. The molecule has 176 valence electrons. The van der Waals surface area contributed by atoms with Gasteiger partial charge in [0.2, 0.25) is 0 Å². The number of alkyl halides is 3. The lowest BCUT2D eigenvalue weighted by Gasteiger charge is -2.25. The maximum Gasteiger partial charge on any atom is 0.417 e. The van der Waals surface area contributed by atoms with Gasteiger partial charge < -0.3 is 4.90 Å². The van der Waals surface area contributed by atoms with Gasteiger partial charge in [-0.3, -0.25) is 9.78 Å². The minimum atomic E-state index is -4.67. The molecule has 1 aromatic carbocycles. The van der Waals surface area contributed by atoms with E-state index < -0.39 is 23.4 Å². The minimum absolute atomic E-state index is 0.0198. The molecule has 3 atom stereocenters. The number of amides is 1.